The lowest BCUT2D eigenvalue weighted by molar-refractivity contribution is -0.133. The Balaban J connectivity index is 1.40. The highest BCUT2D eigenvalue weighted by atomic mass is 16.5. The van der Waals surface area contributed by atoms with Gasteiger partial charge in [0.05, 0.1) is 39.6 Å². The van der Waals surface area contributed by atoms with Gasteiger partial charge in [-0.25, -0.2) is 0 Å². The molecule has 2 aliphatic rings. The van der Waals surface area contributed by atoms with Crippen LogP contribution in [0.4, 0.5) is 5.69 Å². The largest absolute Gasteiger partial charge is 0.493 e. The van der Waals surface area contributed by atoms with E-state index in [1.165, 1.54) is 17.9 Å². The number of aromatic amines is 1. The molecule has 4 aromatic rings. The minimum Gasteiger partial charge on any atom is -0.493 e. The van der Waals surface area contributed by atoms with Gasteiger partial charge >= 0.3 is 0 Å². The van der Waals surface area contributed by atoms with Crippen LogP contribution in [0.3, 0.4) is 0 Å². The minimum atomic E-state index is -0.608. The molecule has 48 heavy (non-hydrogen) atoms. The van der Waals surface area contributed by atoms with Crippen molar-refractivity contribution in [3.63, 3.8) is 0 Å². The number of ether oxygens (including phenoxy) is 3. The molecule has 2 amide bonds. The highest BCUT2D eigenvalue weighted by Crippen LogP contribution is 2.50. The van der Waals surface area contributed by atoms with E-state index in [4.69, 9.17) is 14.2 Å². The summed E-state index contributed by atoms with van der Waals surface area (Å²) in [6, 6.07) is 14.3. The van der Waals surface area contributed by atoms with Gasteiger partial charge in [0.15, 0.2) is 11.5 Å². The third kappa shape index (κ3) is 6.19. The highest BCUT2D eigenvalue weighted by molar-refractivity contribution is 5.88. The number of anilines is 1. The van der Waals surface area contributed by atoms with Crippen molar-refractivity contribution in [2.24, 2.45) is 5.92 Å². The fourth-order valence-electron chi connectivity index (χ4n) is 7.31. The minimum absolute atomic E-state index is 0.0413. The molecule has 252 valence electrons. The van der Waals surface area contributed by atoms with Crippen molar-refractivity contribution in [2.45, 2.75) is 65.1 Å². The second kappa shape index (κ2) is 13.6. The molecule has 1 aromatic heterocycles. The van der Waals surface area contributed by atoms with E-state index in [9.17, 15) is 14.4 Å². The van der Waals surface area contributed by atoms with Crippen LogP contribution in [0.15, 0.2) is 53.3 Å². The average Bonchev–Trinajstić information content (AvgIpc) is 3.29. The third-order valence-corrected chi connectivity index (χ3v) is 9.45. The number of fused-ring (bicyclic) bond motifs is 6. The van der Waals surface area contributed by atoms with Gasteiger partial charge in [0.25, 0.3) is 0 Å². The number of nitrogens with zero attached hydrogens (tertiary/aromatic N) is 1. The molecule has 2 heterocycles. The molecule has 2 atom stereocenters. The van der Waals surface area contributed by atoms with Crippen LogP contribution in [-0.2, 0) is 29.0 Å². The molecule has 10 nitrogen and oxygen atoms in total. The van der Waals surface area contributed by atoms with Gasteiger partial charge in [0, 0.05) is 35.6 Å². The molecule has 0 radical (unpaired) electrons. The second-order valence-corrected chi connectivity index (χ2v) is 13.1. The van der Waals surface area contributed by atoms with Gasteiger partial charge in [-0.1, -0.05) is 38.1 Å². The van der Waals surface area contributed by atoms with Crippen LogP contribution >= 0.6 is 0 Å². The summed E-state index contributed by atoms with van der Waals surface area (Å²) in [5.74, 6) is 1.43. The molecule has 1 aliphatic carbocycles. The van der Waals surface area contributed by atoms with Crippen molar-refractivity contribution < 1.29 is 23.8 Å². The van der Waals surface area contributed by atoms with Crippen LogP contribution < -0.4 is 30.3 Å². The van der Waals surface area contributed by atoms with Crippen molar-refractivity contribution in [3.05, 3.63) is 81.1 Å². The lowest BCUT2D eigenvalue weighted by Gasteiger charge is -2.31. The van der Waals surface area contributed by atoms with E-state index in [1.807, 2.05) is 29.2 Å². The summed E-state index contributed by atoms with van der Waals surface area (Å²) in [7, 11) is 4.71. The molecule has 10 heteroatoms. The van der Waals surface area contributed by atoms with Crippen molar-refractivity contribution in [3.8, 4) is 28.4 Å². The summed E-state index contributed by atoms with van der Waals surface area (Å²) in [4.78, 5) is 45.9. The number of carbonyl (C=O) groups excluding carboxylic acids is 2. The first-order chi connectivity index (χ1) is 23.1. The zero-order valence-electron chi connectivity index (χ0n) is 28.5. The molecular weight excluding hydrogens is 608 g/mol. The number of benzene rings is 2. The van der Waals surface area contributed by atoms with E-state index in [0.717, 1.165) is 34.3 Å². The lowest BCUT2D eigenvalue weighted by atomic mass is 9.95. The monoisotopic (exact) mass is 652 g/mol. The zero-order valence-corrected chi connectivity index (χ0v) is 28.5. The normalized spacial score (nSPS) is 15.9. The summed E-state index contributed by atoms with van der Waals surface area (Å²) in [5.41, 5.74) is 6.56. The molecule has 0 fully saturated rings. The van der Waals surface area contributed by atoms with Crippen molar-refractivity contribution >= 4 is 28.4 Å². The number of para-hydroxylation sites is 1. The number of aryl methyl sites for hydroxylation is 1. The zero-order chi connectivity index (χ0) is 34.1. The number of H-pyrrole nitrogens is 1. The molecule has 0 bridgehead atoms. The van der Waals surface area contributed by atoms with Crippen LogP contribution in [0.25, 0.3) is 22.0 Å². The highest BCUT2D eigenvalue weighted by Gasteiger charge is 2.32. The van der Waals surface area contributed by atoms with Crippen molar-refractivity contribution in [1.29, 1.82) is 0 Å². The average molecular weight is 653 g/mol. The number of methoxy groups -OCH3 is 3. The molecule has 1 aliphatic heterocycles. The molecule has 3 N–H and O–H groups in total. The molecule has 6 rings (SSSR count). The Hall–Kier alpha value is -4.99. The van der Waals surface area contributed by atoms with Gasteiger partial charge < -0.3 is 34.7 Å². The Kier molecular flexibility index (Phi) is 9.35. The fourth-order valence-corrected chi connectivity index (χ4v) is 7.31. The predicted molar refractivity (Wildman–Crippen MR) is 187 cm³/mol. The number of amides is 2. The second-order valence-electron chi connectivity index (χ2n) is 13.1. The van der Waals surface area contributed by atoms with E-state index in [1.54, 1.807) is 33.5 Å². The first-order valence-electron chi connectivity index (χ1n) is 16.5. The van der Waals surface area contributed by atoms with Crippen molar-refractivity contribution in [1.82, 2.24) is 15.2 Å². The Morgan fingerprint density at radius 1 is 1.00 bits per heavy atom. The summed E-state index contributed by atoms with van der Waals surface area (Å²) in [6.07, 6.45) is 2.48. The van der Waals surface area contributed by atoms with Gasteiger partial charge in [0.1, 0.15) is 6.04 Å². The third-order valence-electron chi connectivity index (χ3n) is 9.45. The van der Waals surface area contributed by atoms with Crippen LogP contribution in [-0.4, -0.2) is 55.6 Å². The number of carbonyl (C=O) groups is 2. The van der Waals surface area contributed by atoms with E-state index in [0.29, 0.717) is 60.9 Å². The summed E-state index contributed by atoms with van der Waals surface area (Å²) in [6.45, 7) is 6.70. The standard InChI is InChI=1S/C38H44N4O6/c1-21(2)17-31(38(45)42-16-15-25-24-9-7-8-10-28(24)40-32(25)20-42)41-30-14-12-26-27(19-33(30)44)29(39-22(3)43)13-11-23-18-34(46-4)36(47-5)37(48-6)35(23)26/h7-10,12,14,18-19,21,29,31,40H,11,13,15-17,20H2,1-6H3,(H,39,43)(H,41,44). The van der Waals surface area contributed by atoms with Crippen LogP contribution in [0.5, 0.6) is 17.2 Å². The Morgan fingerprint density at radius 2 is 1.77 bits per heavy atom. The number of rotatable bonds is 9. The summed E-state index contributed by atoms with van der Waals surface area (Å²) >= 11 is 0. The molecule has 2 unspecified atom stereocenters. The van der Waals surface area contributed by atoms with Gasteiger partial charge in [-0.15, -0.1) is 0 Å². The van der Waals surface area contributed by atoms with E-state index < -0.39 is 12.1 Å². The van der Waals surface area contributed by atoms with Crippen LogP contribution in [0.2, 0.25) is 0 Å². The van der Waals surface area contributed by atoms with Crippen LogP contribution in [0.1, 0.15) is 62.0 Å². The van der Waals surface area contributed by atoms with E-state index >= 15 is 0 Å². The number of aromatic nitrogens is 1. The lowest BCUT2D eigenvalue weighted by Crippen LogP contribution is -2.46. The maximum absolute atomic E-state index is 14.2. The Bertz CT molecular complexity index is 1930. The first-order valence-corrected chi connectivity index (χ1v) is 16.5. The number of hydrogen-bond acceptors (Lipinski definition) is 7. The molecule has 3 aromatic carbocycles. The van der Waals surface area contributed by atoms with Crippen LogP contribution in [0, 0.1) is 5.92 Å². The summed E-state index contributed by atoms with van der Waals surface area (Å²) in [5, 5.41) is 7.61. The Morgan fingerprint density at radius 3 is 2.48 bits per heavy atom. The van der Waals surface area contributed by atoms with E-state index in [-0.39, 0.29) is 23.2 Å². The first kappa shape index (κ1) is 32.9. The van der Waals surface area contributed by atoms with Gasteiger partial charge in [-0.3, -0.25) is 14.4 Å². The molecular formula is C38H44N4O6. The predicted octanol–water partition coefficient (Wildman–Crippen LogP) is 5.76. The maximum atomic E-state index is 14.2. The quantitative estimate of drug-likeness (QED) is 0.210. The number of nitrogens with one attached hydrogen (secondary N) is 3. The van der Waals surface area contributed by atoms with Gasteiger partial charge in [-0.2, -0.15) is 0 Å². The van der Waals surface area contributed by atoms with Gasteiger partial charge in [0.2, 0.25) is 23.0 Å². The molecule has 0 saturated carbocycles. The van der Waals surface area contributed by atoms with Crippen molar-refractivity contribution in [2.75, 3.05) is 33.2 Å². The maximum Gasteiger partial charge on any atom is 0.245 e. The molecule has 0 spiro atoms. The van der Waals surface area contributed by atoms with Gasteiger partial charge in [-0.05, 0) is 78.1 Å². The number of hydrogen-bond donors (Lipinski definition) is 3. The van der Waals surface area contributed by atoms with E-state index in [2.05, 4.69) is 41.6 Å². The SMILES string of the molecule is COc1cc2c(c(OC)c1OC)-c1ccc(NC(CC(C)C)C(=O)N3CCc4c([nH]c5ccccc45)C3)c(=O)cc1C(NC(C)=O)CC2. The topological polar surface area (TPSA) is 122 Å². The Labute approximate surface area is 280 Å². The fraction of sp³-hybridized carbons (Fsp3) is 0.395. The summed E-state index contributed by atoms with van der Waals surface area (Å²) < 4.78 is 17.3. The molecule has 0 saturated heterocycles. The smallest absolute Gasteiger partial charge is 0.245 e.